The Kier molecular flexibility index (Phi) is 4.34. The fourth-order valence-corrected chi connectivity index (χ4v) is 2.47. The third kappa shape index (κ3) is 3.37. The van der Waals surface area contributed by atoms with Gasteiger partial charge in [-0.2, -0.15) is 0 Å². The average molecular weight is 311 g/mol. The van der Waals surface area contributed by atoms with Gasteiger partial charge in [0.1, 0.15) is 5.69 Å². The molecule has 0 atom stereocenters. The van der Waals surface area contributed by atoms with E-state index in [-0.39, 0.29) is 11.6 Å². The van der Waals surface area contributed by atoms with Crippen LogP contribution in [-0.2, 0) is 4.74 Å². The van der Waals surface area contributed by atoms with Crippen LogP contribution in [0.25, 0.3) is 11.3 Å². The second kappa shape index (κ2) is 6.58. The molecule has 2 aromatic rings. The van der Waals surface area contributed by atoms with Gasteiger partial charge in [-0.15, -0.1) is 0 Å². The van der Waals surface area contributed by atoms with Gasteiger partial charge in [-0.3, -0.25) is 9.59 Å². The molecule has 1 aromatic carbocycles. The lowest BCUT2D eigenvalue weighted by Gasteiger charge is -2.26. The van der Waals surface area contributed by atoms with Crippen molar-refractivity contribution in [1.29, 1.82) is 0 Å². The van der Waals surface area contributed by atoms with Gasteiger partial charge in [-0.05, 0) is 24.3 Å². The predicted octanol–water partition coefficient (Wildman–Crippen LogP) is 1.32. The number of nitrogens with zero attached hydrogens (tertiary/aromatic N) is 2. The lowest BCUT2D eigenvalue weighted by atomic mass is 10.1. The fourth-order valence-electron chi connectivity index (χ4n) is 2.47. The summed E-state index contributed by atoms with van der Waals surface area (Å²) in [5, 5.41) is 0. The summed E-state index contributed by atoms with van der Waals surface area (Å²) in [6.07, 6.45) is 0. The van der Waals surface area contributed by atoms with E-state index in [1.54, 1.807) is 35.2 Å². The summed E-state index contributed by atoms with van der Waals surface area (Å²) < 4.78 is 5.25. The molecule has 1 aliphatic rings. The number of carbonyl (C=O) groups excluding carboxylic acids is 2. The standard InChI is InChI=1S/C17H17N3O3/c18-16(21)15-3-1-2-14(19-15)12-4-6-13(7-5-12)17(22)20-8-10-23-11-9-20/h1-7H,8-11H2,(H2,18,21). The van der Waals surface area contributed by atoms with Crippen molar-refractivity contribution in [2.45, 2.75) is 0 Å². The molecule has 0 saturated carbocycles. The van der Waals surface area contributed by atoms with E-state index in [1.807, 2.05) is 12.1 Å². The lowest BCUT2D eigenvalue weighted by molar-refractivity contribution is 0.0303. The summed E-state index contributed by atoms with van der Waals surface area (Å²) in [7, 11) is 0. The maximum Gasteiger partial charge on any atom is 0.267 e. The minimum atomic E-state index is -0.564. The van der Waals surface area contributed by atoms with Gasteiger partial charge < -0.3 is 15.4 Å². The van der Waals surface area contributed by atoms with E-state index < -0.39 is 5.91 Å². The van der Waals surface area contributed by atoms with Crippen LogP contribution in [0.3, 0.4) is 0 Å². The number of amides is 2. The number of hydrogen-bond donors (Lipinski definition) is 1. The third-order valence-electron chi connectivity index (χ3n) is 3.73. The molecule has 2 amide bonds. The molecule has 1 saturated heterocycles. The summed E-state index contributed by atoms with van der Waals surface area (Å²) in [4.78, 5) is 29.6. The number of ether oxygens (including phenoxy) is 1. The first-order chi connectivity index (χ1) is 11.1. The van der Waals surface area contributed by atoms with Crippen LogP contribution in [0.15, 0.2) is 42.5 Å². The zero-order valence-electron chi connectivity index (χ0n) is 12.6. The molecular weight excluding hydrogens is 294 g/mol. The normalized spacial score (nSPS) is 14.5. The van der Waals surface area contributed by atoms with Crippen molar-refractivity contribution in [2.24, 2.45) is 5.73 Å². The first-order valence-electron chi connectivity index (χ1n) is 7.39. The molecular formula is C17H17N3O3. The van der Waals surface area contributed by atoms with Crippen molar-refractivity contribution < 1.29 is 14.3 Å². The van der Waals surface area contributed by atoms with Gasteiger partial charge >= 0.3 is 0 Å². The van der Waals surface area contributed by atoms with Crippen molar-refractivity contribution in [1.82, 2.24) is 9.88 Å². The largest absolute Gasteiger partial charge is 0.378 e. The van der Waals surface area contributed by atoms with Gasteiger partial charge in [0.15, 0.2) is 0 Å². The van der Waals surface area contributed by atoms with Crippen LogP contribution >= 0.6 is 0 Å². The van der Waals surface area contributed by atoms with Crippen LogP contribution in [0.2, 0.25) is 0 Å². The highest BCUT2D eigenvalue weighted by Crippen LogP contribution is 2.19. The number of nitrogens with two attached hydrogens (primary N) is 1. The minimum Gasteiger partial charge on any atom is -0.378 e. The molecule has 0 unspecified atom stereocenters. The molecule has 0 aliphatic carbocycles. The first kappa shape index (κ1) is 15.2. The van der Waals surface area contributed by atoms with E-state index in [4.69, 9.17) is 10.5 Å². The smallest absolute Gasteiger partial charge is 0.267 e. The number of morpholine rings is 1. The molecule has 23 heavy (non-hydrogen) atoms. The second-order valence-corrected chi connectivity index (χ2v) is 5.25. The number of benzene rings is 1. The van der Waals surface area contributed by atoms with Crippen LogP contribution in [-0.4, -0.2) is 48.0 Å². The van der Waals surface area contributed by atoms with E-state index >= 15 is 0 Å². The fraction of sp³-hybridized carbons (Fsp3) is 0.235. The SMILES string of the molecule is NC(=O)c1cccc(-c2ccc(C(=O)N3CCOCC3)cc2)n1. The maximum atomic E-state index is 12.4. The molecule has 0 bridgehead atoms. The Morgan fingerprint density at radius 2 is 1.74 bits per heavy atom. The zero-order chi connectivity index (χ0) is 16.2. The molecule has 6 nitrogen and oxygen atoms in total. The molecule has 2 heterocycles. The van der Waals surface area contributed by atoms with Crippen molar-refractivity contribution >= 4 is 11.8 Å². The van der Waals surface area contributed by atoms with E-state index in [9.17, 15) is 9.59 Å². The number of rotatable bonds is 3. The molecule has 2 N–H and O–H groups in total. The summed E-state index contributed by atoms with van der Waals surface area (Å²) in [6, 6.07) is 12.3. The Morgan fingerprint density at radius 3 is 2.39 bits per heavy atom. The monoisotopic (exact) mass is 311 g/mol. The molecule has 1 aromatic heterocycles. The van der Waals surface area contributed by atoms with Crippen molar-refractivity contribution in [3.05, 3.63) is 53.7 Å². The highest BCUT2D eigenvalue weighted by Gasteiger charge is 2.18. The van der Waals surface area contributed by atoms with Crippen LogP contribution in [0, 0.1) is 0 Å². The van der Waals surface area contributed by atoms with Crippen LogP contribution in [0.5, 0.6) is 0 Å². The highest BCUT2D eigenvalue weighted by molar-refractivity contribution is 5.95. The number of aromatic nitrogens is 1. The Hall–Kier alpha value is -2.73. The number of hydrogen-bond acceptors (Lipinski definition) is 4. The van der Waals surface area contributed by atoms with Crippen molar-refractivity contribution in [3.63, 3.8) is 0 Å². The topological polar surface area (TPSA) is 85.5 Å². The Balaban J connectivity index is 1.80. The molecule has 0 spiro atoms. The zero-order valence-corrected chi connectivity index (χ0v) is 12.6. The van der Waals surface area contributed by atoms with Gasteiger partial charge in [0.2, 0.25) is 0 Å². The maximum absolute atomic E-state index is 12.4. The van der Waals surface area contributed by atoms with Gasteiger partial charge in [0, 0.05) is 24.2 Å². The van der Waals surface area contributed by atoms with Crippen LogP contribution in [0.4, 0.5) is 0 Å². The molecule has 6 heteroatoms. The van der Waals surface area contributed by atoms with Crippen molar-refractivity contribution in [2.75, 3.05) is 26.3 Å². The lowest BCUT2D eigenvalue weighted by Crippen LogP contribution is -2.40. The molecule has 3 rings (SSSR count). The first-order valence-corrected chi connectivity index (χ1v) is 7.39. The van der Waals surface area contributed by atoms with E-state index in [2.05, 4.69) is 4.98 Å². The summed E-state index contributed by atoms with van der Waals surface area (Å²) in [6.45, 7) is 2.38. The van der Waals surface area contributed by atoms with Crippen molar-refractivity contribution in [3.8, 4) is 11.3 Å². The minimum absolute atomic E-state index is 0.00121. The molecule has 1 aliphatic heterocycles. The summed E-state index contributed by atoms with van der Waals surface area (Å²) >= 11 is 0. The third-order valence-corrected chi connectivity index (χ3v) is 3.73. The quantitative estimate of drug-likeness (QED) is 0.926. The summed E-state index contributed by atoms with van der Waals surface area (Å²) in [5.74, 6) is -0.565. The van der Waals surface area contributed by atoms with Gasteiger partial charge in [0.05, 0.1) is 18.9 Å². The number of primary amides is 1. The highest BCUT2D eigenvalue weighted by atomic mass is 16.5. The average Bonchev–Trinajstić information content (AvgIpc) is 2.62. The predicted molar refractivity (Wildman–Crippen MR) is 84.9 cm³/mol. The van der Waals surface area contributed by atoms with E-state index in [1.165, 1.54) is 0 Å². The Bertz CT molecular complexity index is 722. The summed E-state index contributed by atoms with van der Waals surface area (Å²) in [5.41, 5.74) is 7.56. The second-order valence-electron chi connectivity index (χ2n) is 5.25. The molecule has 118 valence electrons. The van der Waals surface area contributed by atoms with Crippen LogP contribution in [0.1, 0.15) is 20.8 Å². The van der Waals surface area contributed by atoms with E-state index in [0.717, 1.165) is 5.56 Å². The van der Waals surface area contributed by atoms with Crippen LogP contribution < -0.4 is 5.73 Å². The Labute approximate surface area is 133 Å². The number of carbonyl (C=O) groups is 2. The van der Waals surface area contributed by atoms with Gasteiger partial charge in [0.25, 0.3) is 11.8 Å². The number of pyridine rings is 1. The molecule has 1 fully saturated rings. The van der Waals surface area contributed by atoms with Gasteiger partial charge in [-0.25, -0.2) is 4.98 Å². The van der Waals surface area contributed by atoms with E-state index in [0.29, 0.717) is 37.6 Å². The Morgan fingerprint density at radius 1 is 1.04 bits per heavy atom. The molecule has 0 radical (unpaired) electrons. The van der Waals surface area contributed by atoms with Gasteiger partial charge in [-0.1, -0.05) is 18.2 Å².